The minimum Gasteiger partial charge on any atom is -0.321 e. The first-order valence-corrected chi connectivity index (χ1v) is 10.3. The van der Waals surface area contributed by atoms with Crippen LogP contribution in [0.3, 0.4) is 0 Å². The van der Waals surface area contributed by atoms with Gasteiger partial charge in [-0.1, -0.05) is 35.9 Å². The van der Waals surface area contributed by atoms with Gasteiger partial charge in [-0.2, -0.15) is 0 Å². The van der Waals surface area contributed by atoms with Crippen LogP contribution in [0.2, 0.25) is 0 Å². The van der Waals surface area contributed by atoms with Gasteiger partial charge in [0, 0.05) is 38.4 Å². The molecular weight excluding hydrogens is 440 g/mol. The molecule has 0 spiro atoms. The molecule has 3 nitrogen and oxygen atoms in total. The standard InChI is InChI=1S/C17H25FN2O.C7H8.Y/c1-4-20(8-6-5-7-9-20)12-16(21)19-17-13(2)10-15(18)11-14(17)3;1-7-5-3-2-4-6-7;/h10-11H,4-9,12H2,1-3H3;2-6H,1H3;/p+1. The molecule has 1 fully saturated rings. The summed E-state index contributed by atoms with van der Waals surface area (Å²) in [4.78, 5) is 12.4. The summed E-state index contributed by atoms with van der Waals surface area (Å²) in [7, 11) is 0. The van der Waals surface area contributed by atoms with Crippen molar-refractivity contribution in [2.75, 3.05) is 31.5 Å². The zero-order valence-corrected chi connectivity index (χ0v) is 21.1. The smallest absolute Gasteiger partial charge is 0.279 e. The second-order valence-corrected chi connectivity index (χ2v) is 7.94. The van der Waals surface area contributed by atoms with Gasteiger partial charge < -0.3 is 9.80 Å². The van der Waals surface area contributed by atoms with Crippen LogP contribution in [-0.2, 0) is 37.5 Å². The number of likely N-dealkylation sites (tertiary alicyclic amines) is 1. The molecule has 0 atom stereocenters. The van der Waals surface area contributed by atoms with E-state index in [1.807, 2.05) is 32.0 Å². The summed E-state index contributed by atoms with van der Waals surface area (Å²) in [6, 6.07) is 13.2. The number of carbonyl (C=O) groups excluding carboxylic acids is 1. The molecule has 0 unspecified atom stereocenters. The van der Waals surface area contributed by atoms with Gasteiger partial charge in [0.25, 0.3) is 5.91 Å². The molecule has 0 bridgehead atoms. The third kappa shape index (κ3) is 8.28. The van der Waals surface area contributed by atoms with E-state index in [1.165, 1.54) is 37.0 Å². The zero-order chi connectivity index (χ0) is 20.6. The van der Waals surface area contributed by atoms with Crippen LogP contribution in [0.25, 0.3) is 0 Å². The van der Waals surface area contributed by atoms with E-state index in [0.717, 1.165) is 40.9 Å². The van der Waals surface area contributed by atoms with Crippen LogP contribution in [-0.4, -0.2) is 36.6 Å². The van der Waals surface area contributed by atoms with Crippen LogP contribution in [0.15, 0.2) is 42.5 Å². The maximum Gasteiger partial charge on any atom is 0.279 e. The van der Waals surface area contributed by atoms with Crippen molar-refractivity contribution in [3.8, 4) is 0 Å². The van der Waals surface area contributed by atoms with Crippen molar-refractivity contribution >= 4 is 11.6 Å². The molecule has 2 aromatic carbocycles. The Morgan fingerprint density at radius 2 is 1.55 bits per heavy atom. The molecule has 1 heterocycles. The van der Waals surface area contributed by atoms with Crippen molar-refractivity contribution < 1.29 is 46.4 Å². The molecule has 0 aliphatic carbocycles. The Bertz CT molecular complexity index is 751. The van der Waals surface area contributed by atoms with Crippen molar-refractivity contribution in [3.05, 3.63) is 65.0 Å². The van der Waals surface area contributed by atoms with E-state index in [2.05, 4.69) is 31.3 Å². The number of halogens is 1. The van der Waals surface area contributed by atoms with E-state index < -0.39 is 0 Å². The number of quaternary nitrogens is 1. The Kier molecular flexibility index (Phi) is 11.2. The minimum atomic E-state index is -0.254. The predicted octanol–water partition coefficient (Wildman–Crippen LogP) is 5.39. The van der Waals surface area contributed by atoms with Crippen molar-refractivity contribution in [3.63, 3.8) is 0 Å². The summed E-state index contributed by atoms with van der Waals surface area (Å²) in [5.74, 6) is -0.215. The first-order valence-electron chi connectivity index (χ1n) is 10.3. The number of piperidine rings is 1. The summed E-state index contributed by atoms with van der Waals surface area (Å²) in [6.07, 6.45) is 3.68. The van der Waals surface area contributed by atoms with Gasteiger partial charge in [-0.05, 0) is 70.2 Å². The number of nitrogens with zero attached hydrogens (tertiary/aromatic N) is 1. The Labute approximate surface area is 200 Å². The van der Waals surface area contributed by atoms with Gasteiger partial charge in [0.05, 0.1) is 19.6 Å². The molecule has 1 aliphatic heterocycles. The van der Waals surface area contributed by atoms with Gasteiger partial charge >= 0.3 is 0 Å². The summed E-state index contributed by atoms with van der Waals surface area (Å²) in [5, 5.41) is 2.99. The van der Waals surface area contributed by atoms with Gasteiger partial charge in [-0.15, -0.1) is 0 Å². The normalized spacial score (nSPS) is 14.8. The average molecular weight is 474 g/mol. The summed E-state index contributed by atoms with van der Waals surface area (Å²) < 4.78 is 14.2. The summed E-state index contributed by atoms with van der Waals surface area (Å²) >= 11 is 0. The largest absolute Gasteiger partial charge is 0.321 e. The van der Waals surface area contributed by atoms with E-state index in [0.29, 0.717) is 6.54 Å². The Morgan fingerprint density at radius 3 is 2.00 bits per heavy atom. The molecule has 5 heteroatoms. The SMILES string of the molecule is CC[N+]1(CC(=O)Nc2c(C)cc(F)cc2C)CCCCC1.Cc1ccccc1.[Y]. The van der Waals surface area contributed by atoms with E-state index in [1.54, 1.807) is 0 Å². The topological polar surface area (TPSA) is 29.1 Å². The molecule has 1 N–H and O–H groups in total. The number of amides is 1. The Morgan fingerprint density at radius 1 is 1.00 bits per heavy atom. The van der Waals surface area contributed by atoms with Crippen LogP contribution < -0.4 is 5.32 Å². The Balaban J connectivity index is 0.000000445. The number of carbonyl (C=O) groups is 1. The predicted molar refractivity (Wildman–Crippen MR) is 115 cm³/mol. The van der Waals surface area contributed by atoms with Gasteiger partial charge in [0.2, 0.25) is 0 Å². The van der Waals surface area contributed by atoms with Gasteiger partial charge in [0.15, 0.2) is 6.54 Å². The van der Waals surface area contributed by atoms with Crippen molar-refractivity contribution in [2.24, 2.45) is 0 Å². The third-order valence-electron chi connectivity index (χ3n) is 5.62. The van der Waals surface area contributed by atoms with Crippen LogP contribution in [0, 0.1) is 26.6 Å². The van der Waals surface area contributed by atoms with Crippen molar-refractivity contribution in [2.45, 2.75) is 47.0 Å². The van der Waals surface area contributed by atoms with Gasteiger partial charge in [-0.3, -0.25) is 4.79 Å². The number of rotatable bonds is 4. The molecule has 1 aliphatic rings. The second kappa shape index (κ2) is 12.6. The maximum atomic E-state index is 13.3. The summed E-state index contributed by atoms with van der Waals surface area (Å²) in [6.45, 7) is 11.6. The number of anilines is 1. The number of benzene rings is 2. The number of likely N-dealkylation sites (N-methyl/N-ethyl adjacent to an activating group) is 1. The van der Waals surface area contributed by atoms with Gasteiger partial charge in [0.1, 0.15) is 5.82 Å². The first kappa shape index (κ1) is 25.9. The quantitative estimate of drug-likeness (QED) is 0.592. The Hall–Kier alpha value is -1.10. The first-order chi connectivity index (χ1) is 13.3. The van der Waals surface area contributed by atoms with E-state index in [4.69, 9.17) is 0 Å². The van der Waals surface area contributed by atoms with E-state index in [-0.39, 0.29) is 44.4 Å². The van der Waals surface area contributed by atoms with Crippen LogP contribution in [0.5, 0.6) is 0 Å². The molecule has 1 radical (unpaired) electrons. The monoisotopic (exact) mass is 474 g/mol. The molecule has 3 rings (SSSR count). The third-order valence-corrected chi connectivity index (χ3v) is 5.62. The van der Waals surface area contributed by atoms with Crippen LogP contribution in [0.1, 0.15) is 42.9 Å². The second-order valence-electron chi connectivity index (χ2n) is 7.94. The summed E-state index contributed by atoms with van der Waals surface area (Å²) in [5.41, 5.74) is 3.64. The molecule has 0 saturated carbocycles. The molecule has 2 aromatic rings. The molecule has 1 saturated heterocycles. The number of hydrogen-bond acceptors (Lipinski definition) is 1. The van der Waals surface area contributed by atoms with Crippen molar-refractivity contribution in [1.29, 1.82) is 0 Å². The van der Waals surface area contributed by atoms with E-state index >= 15 is 0 Å². The molecule has 29 heavy (non-hydrogen) atoms. The number of aryl methyl sites for hydroxylation is 3. The zero-order valence-electron chi connectivity index (χ0n) is 18.3. The fourth-order valence-electron chi connectivity index (χ4n) is 3.89. The van der Waals surface area contributed by atoms with Gasteiger partial charge in [-0.25, -0.2) is 4.39 Å². The maximum absolute atomic E-state index is 13.3. The fraction of sp³-hybridized carbons (Fsp3) is 0.458. The van der Waals surface area contributed by atoms with Crippen LogP contribution >= 0.6 is 0 Å². The van der Waals surface area contributed by atoms with E-state index in [9.17, 15) is 9.18 Å². The molecule has 1 amide bonds. The van der Waals surface area contributed by atoms with Crippen LogP contribution in [0.4, 0.5) is 10.1 Å². The molecule has 155 valence electrons. The molecular formula is C24H34FN2OY+. The number of nitrogens with one attached hydrogen (secondary N) is 1. The average Bonchev–Trinajstić information content (AvgIpc) is 2.66. The van der Waals surface area contributed by atoms with Crippen molar-refractivity contribution in [1.82, 2.24) is 0 Å². The minimum absolute atomic E-state index is 0. The number of hydrogen-bond donors (Lipinski definition) is 1. The fourth-order valence-corrected chi connectivity index (χ4v) is 3.89. The molecule has 0 aromatic heterocycles.